The molecular weight excluding hydrogens is 266 g/mol. The second kappa shape index (κ2) is 6.14. The Morgan fingerprint density at radius 2 is 1.86 bits per heavy atom. The number of fused-ring (bicyclic) bond motifs is 1. The van der Waals surface area contributed by atoms with Crippen molar-refractivity contribution in [2.45, 2.75) is 19.4 Å². The van der Waals surface area contributed by atoms with E-state index in [0.29, 0.717) is 5.75 Å². The molecule has 0 unspecified atom stereocenters. The average Bonchev–Trinajstić information content (AvgIpc) is 2.42. The minimum absolute atomic E-state index is 0.0368. The van der Waals surface area contributed by atoms with Crippen LogP contribution in [-0.2, 0) is 4.79 Å². The van der Waals surface area contributed by atoms with Crippen molar-refractivity contribution in [2.75, 3.05) is 20.2 Å². The van der Waals surface area contributed by atoms with Crippen LogP contribution in [0.3, 0.4) is 0 Å². The van der Waals surface area contributed by atoms with E-state index in [-0.39, 0.29) is 19.1 Å². The smallest absolute Gasteiger partial charge is 0.260 e. The predicted octanol–water partition coefficient (Wildman–Crippen LogP) is 2.45. The molecule has 0 radical (unpaired) electrons. The molecule has 1 amide bonds. The Balaban J connectivity index is 1.96. The van der Waals surface area contributed by atoms with Gasteiger partial charge in [-0.1, -0.05) is 30.3 Å². The third-order valence-electron chi connectivity index (χ3n) is 3.13. The Kier molecular flexibility index (Phi) is 4.48. The van der Waals surface area contributed by atoms with Gasteiger partial charge in [-0.2, -0.15) is 0 Å². The van der Waals surface area contributed by atoms with Crippen molar-refractivity contribution in [3.63, 3.8) is 0 Å². The van der Waals surface area contributed by atoms with Crippen LogP contribution in [0.1, 0.15) is 13.8 Å². The van der Waals surface area contributed by atoms with E-state index >= 15 is 0 Å². The maximum atomic E-state index is 11.9. The van der Waals surface area contributed by atoms with Gasteiger partial charge in [-0.3, -0.25) is 4.79 Å². The number of carbonyl (C=O) groups is 1. The van der Waals surface area contributed by atoms with E-state index < -0.39 is 5.60 Å². The molecule has 0 aromatic heterocycles. The van der Waals surface area contributed by atoms with Crippen LogP contribution in [0.5, 0.6) is 5.75 Å². The second-order valence-electron chi connectivity index (χ2n) is 5.86. The maximum Gasteiger partial charge on any atom is 0.260 e. The summed E-state index contributed by atoms with van der Waals surface area (Å²) in [6.45, 7) is 3.57. The van der Waals surface area contributed by atoms with Gasteiger partial charge in [-0.05, 0) is 36.8 Å². The summed E-state index contributed by atoms with van der Waals surface area (Å²) in [5, 5.41) is 11.9. The Morgan fingerprint density at radius 1 is 1.19 bits per heavy atom. The monoisotopic (exact) mass is 287 g/mol. The lowest BCUT2D eigenvalue weighted by Crippen LogP contribution is -2.41. The SMILES string of the molecule is CN(CC(C)(C)O)C(=O)COc1ccc2ccccc2c1. The van der Waals surface area contributed by atoms with Crippen LogP contribution in [0, 0.1) is 0 Å². The highest BCUT2D eigenvalue weighted by Crippen LogP contribution is 2.20. The van der Waals surface area contributed by atoms with Gasteiger partial charge in [0.25, 0.3) is 5.91 Å². The van der Waals surface area contributed by atoms with E-state index in [4.69, 9.17) is 4.74 Å². The Hall–Kier alpha value is -2.07. The molecular formula is C17H21NO3. The minimum atomic E-state index is -0.909. The first kappa shape index (κ1) is 15.3. The van der Waals surface area contributed by atoms with Gasteiger partial charge in [-0.25, -0.2) is 0 Å². The number of rotatable bonds is 5. The van der Waals surface area contributed by atoms with E-state index in [1.807, 2.05) is 42.5 Å². The minimum Gasteiger partial charge on any atom is -0.484 e. The first-order chi connectivity index (χ1) is 9.85. The molecule has 0 heterocycles. The van der Waals surface area contributed by atoms with E-state index in [1.54, 1.807) is 20.9 Å². The summed E-state index contributed by atoms with van der Waals surface area (Å²) in [5.41, 5.74) is -0.909. The summed E-state index contributed by atoms with van der Waals surface area (Å²) in [7, 11) is 1.66. The molecule has 0 fully saturated rings. The molecule has 0 aliphatic heterocycles. The number of ether oxygens (including phenoxy) is 1. The topological polar surface area (TPSA) is 49.8 Å². The zero-order valence-corrected chi connectivity index (χ0v) is 12.7. The summed E-state index contributed by atoms with van der Waals surface area (Å²) in [4.78, 5) is 13.4. The van der Waals surface area contributed by atoms with Crippen LogP contribution in [0.25, 0.3) is 10.8 Å². The molecule has 0 saturated carbocycles. The molecule has 1 N–H and O–H groups in total. The van der Waals surface area contributed by atoms with Crippen molar-refractivity contribution < 1.29 is 14.6 Å². The van der Waals surface area contributed by atoms with Crippen molar-refractivity contribution in [3.05, 3.63) is 42.5 Å². The fourth-order valence-corrected chi connectivity index (χ4v) is 2.18. The molecule has 4 heteroatoms. The fourth-order valence-electron chi connectivity index (χ4n) is 2.18. The highest BCUT2D eigenvalue weighted by molar-refractivity contribution is 5.84. The summed E-state index contributed by atoms with van der Waals surface area (Å²) >= 11 is 0. The largest absolute Gasteiger partial charge is 0.484 e. The van der Waals surface area contributed by atoms with Crippen LogP contribution in [0.2, 0.25) is 0 Å². The van der Waals surface area contributed by atoms with Crippen LogP contribution < -0.4 is 4.74 Å². The zero-order chi connectivity index (χ0) is 15.5. The van der Waals surface area contributed by atoms with Crippen LogP contribution in [0.4, 0.5) is 0 Å². The lowest BCUT2D eigenvalue weighted by molar-refractivity contribution is -0.134. The highest BCUT2D eigenvalue weighted by Gasteiger charge is 2.19. The number of carbonyl (C=O) groups excluding carboxylic acids is 1. The summed E-state index contributed by atoms with van der Waals surface area (Å²) < 4.78 is 5.54. The number of aliphatic hydroxyl groups is 1. The number of hydrogen-bond acceptors (Lipinski definition) is 3. The van der Waals surface area contributed by atoms with Crippen molar-refractivity contribution >= 4 is 16.7 Å². The zero-order valence-electron chi connectivity index (χ0n) is 12.7. The fraction of sp³-hybridized carbons (Fsp3) is 0.353. The Morgan fingerprint density at radius 3 is 2.52 bits per heavy atom. The maximum absolute atomic E-state index is 11.9. The van der Waals surface area contributed by atoms with Gasteiger partial charge in [-0.15, -0.1) is 0 Å². The van der Waals surface area contributed by atoms with Crippen molar-refractivity contribution in [1.29, 1.82) is 0 Å². The molecule has 2 rings (SSSR count). The molecule has 0 spiro atoms. The highest BCUT2D eigenvalue weighted by atomic mass is 16.5. The molecule has 0 saturated heterocycles. The number of nitrogens with zero attached hydrogens (tertiary/aromatic N) is 1. The van der Waals surface area contributed by atoms with E-state index in [2.05, 4.69) is 0 Å². The average molecular weight is 287 g/mol. The number of hydrogen-bond donors (Lipinski definition) is 1. The molecule has 112 valence electrons. The Labute approximate surface area is 124 Å². The van der Waals surface area contributed by atoms with Crippen LogP contribution in [-0.4, -0.2) is 41.7 Å². The van der Waals surface area contributed by atoms with E-state index in [0.717, 1.165) is 10.8 Å². The van der Waals surface area contributed by atoms with Gasteiger partial charge in [0.15, 0.2) is 6.61 Å². The second-order valence-corrected chi connectivity index (χ2v) is 5.86. The van der Waals surface area contributed by atoms with Gasteiger partial charge < -0.3 is 14.7 Å². The van der Waals surface area contributed by atoms with Gasteiger partial charge in [0.05, 0.1) is 5.60 Å². The van der Waals surface area contributed by atoms with E-state index in [9.17, 15) is 9.90 Å². The van der Waals surface area contributed by atoms with Crippen molar-refractivity contribution in [3.8, 4) is 5.75 Å². The third kappa shape index (κ3) is 4.46. The standard InChI is InChI=1S/C17H21NO3/c1-17(2,20)12-18(3)16(19)11-21-15-9-8-13-6-4-5-7-14(13)10-15/h4-10,20H,11-12H2,1-3H3. The molecule has 0 aliphatic rings. The summed E-state index contributed by atoms with van der Waals surface area (Å²) in [6, 6.07) is 13.7. The summed E-state index contributed by atoms with van der Waals surface area (Å²) in [6.07, 6.45) is 0. The first-order valence-electron chi connectivity index (χ1n) is 6.93. The molecule has 2 aromatic carbocycles. The lowest BCUT2D eigenvalue weighted by Gasteiger charge is -2.25. The van der Waals surface area contributed by atoms with Gasteiger partial charge in [0.1, 0.15) is 5.75 Å². The van der Waals surface area contributed by atoms with Crippen molar-refractivity contribution in [1.82, 2.24) is 4.90 Å². The molecule has 4 nitrogen and oxygen atoms in total. The van der Waals surface area contributed by atoms with Crippen LogP contribution in [0.15, 0.2) is 42.5 Å². The number of benzene rings is 2. The molecule has 2 aromatic rings. The summed E-state index contributed by atoms with van der Waals surface area (Å²) in [5.74, 6) is 0.504. The molecule has 21 heavy (non-hydrogen) atoms. The third-order valence-corrected chi connectivity index (χ3v) is 3.13. The van der Waals surface area contributed by atoms with E-state index in [1.165, 1.54) is 4.90 Å². The Bertz CT molecular complexity index is 631. The normalized spacial score (nSPS) is 11.4. The lowest BCUT2D eigenvalue weighted by atomic mass is 10.1. The van der Waals surface area contributed by atoms with Crippen molar-refractivity contribution in [2.24, 2.45) is 0 Å². The van der Waals surface area contributed by atoms with Gasteiger partial charge in [0.2, 0.25) is 0 Å². The molecule has 0 aliphatic carbocycles. The quantitative estimate of drug-likeness (QED) is 0.919. The molecule has 0 bridgehead atoms. The van der Waals surface area contributed by atoms with Crippen LogP contribution >= 0.6 is 0 Å². The predicted molar refractivity (Wildman–Crippen MR) is 83.4 cm³/mol. The number of amides is 1. The molecule has 0 atom stereocenters. The number of likely N-dealkylation sites (N-methyl/N-ethyl adjacent to an activating group) is 1. The van der Waals surface area contributed by atoms with Gasteiger partial charge >= 0.3 is 0 Å². The van der Waals surface area contributed by atoms with Gasteiger partial charge in [0, 0.05) is 13.6 Å². The first-order valence-corrected chi connectivity index (χ1v) is 6.93.